The number of likely N-dealkylation sites (tertiary alicyclic amines) is 1. The van der Waals surface area contributed by atoms with Crippen molar-refractivity contribution in [2.24, 2.45) is 5.92 Å². The summed E-state index contributed by atoms with van der Waals surface area (Å²) in [5, 5.41) is 15.9. The van der Waals surface area contributed by atoms with Crippen LogP contribution in [-0.2, 0) is 6.42 Å². The van der Waals surface area contributed by atoms with Gasteiger partial charge in [-0.15, -0.1) is 0 Å². The molecule has 0 saturated carbocycles. The third-order valence-corrected chi connectivity index (χ3v) is 5.71. The molecule has 3 aromatic heterocycles. The molecule has 1 aliphatic heterocycles. The second kappa shape index (κ2) is 6.93. The number of para-hydroxylation sites is 1. The highest BCUT2D eigenvalue weighted by atomic mass is 16.3. The van der Waals surface area contributed by atoms with E-state index >= 15 is 0 Å². The number of aliphatic hydroxyl groups is 1. The summed E-state index contributed by atoms with van der Waals surface area (Å²) in [4.78, 5) is 23.8. The monoisotopic (exact) mass is 387 g/mol. The van der Waals surface area contributed by atoms with Gasteiger partial charge < -0.3 is 10.0 Å². The molecule has 4 aromatic rings. The normalized spacial score (nSPS) is 19.3. The zero-order valence-electron chi connectivity index (χ0n) is 16.1. The maximum atomic E-state index is 13.1. The molecule has 7 heteroatoms. The lowest BCUT2D eigenvalue weighted by Crippen LogP contribution is -2.30. The number of aliphatic hydroxyl groups excluding tert-OH is 1. The van der Waals surface area contributed by atoms with Crippen molar-refractivity contribution in [1.82, 2.24) is 24.5 Å². The number of carbonyl (C=O) groups excluding carboxylic acids is 1. The van der Waals surface area contributed by atoms with Crippen LogP contribution in [0.25, 0.3) is 16.6 Å². The van der Waals surface area contributed by atoms with Crippen molar-refractivity contribution in [3.63, 3.8) is 0 Å². The summed E-state index contributed by atoms with van der Waals surface area (Å²) < 4.78 is 1.66. The van der Waals surface area contributed by atoms with E-state index in [2.05, 4.69) is 16.1 Å². The Morgan fingerprint density at radius 2 is 2.03 bits per heavy atom. The van der Waals surface area contributed by atoms with Gasteiger partial charge in [-0.3, -0.25) is 9.78 Å². The van der Waals surface area contributed by atoms with Crippen molar-refractivity contribution < 1.29 is 9.90 Å². The van der Waals surface area contributed by atoms with Gasteiger partial charge in [-0.2, -0.15) is 5.10 Å². The minimum absolute atomic E-state index is 0.0469. The number of aryl methyl sites for hydroxylation is 1. The van der Waals surface area contributed by atoms with Crippen LogP contribution < -0.4 is 0 Å². The lowest BCUT2D eigenvalue weighted by Gasteiger charge is -2.17. The highest BCUT2D eigenvalue weighted by Gasteiger charge is 2.35. The van der Waals surface area contributed by atoms with Crippen LogP contribution in [0.1, 0.15) is 21.7 Å². The molecule has 1 fully saturated rings. The van der Waals surface area contributed by atoms with Gasteiger partial charge in [0.15, 0.2) is 5.65 Å². The van der Waals surface area contributed by atoms with Crippen LogP contribution in [0.2, 0.25) is 0 Å². The number of hydrogen-bond donors (Lipinski definition) is 1. The van der Waals surface area contributed by atoms with E-state index in [-0.39, 0.29) is 11.8 Å². The molecule has 0 spiro atoms. The fourth-order valence-corrected chi connectivity index (χ4v) is 4.08. The van der Waals surface area contributed by atoms with Gasteiger partial charge in [-0.05, 0) is 25.5 Å². The minimum atomic E-state index is -0.575. The molecule has 0 bridgehead atoms. The lowest BCUT2D eigenvalue weighted by molar-refractivity contribution is 0.0762. The quantitative estimate of drug-likeness (QED) is 0.583. The van der Waals surface area contributed by atoms with E-state index in [0.29, 0.717) is 30.7 Å². The van der Waals surface area contributed by atoms with E-state index in [1.54, 1.807) is 27.9 Å². The maximum Gasteiger partial charge on any atom is 0.257 e. The van der Waals surface area contributed by atoms with E-state index in [4.69, 9.17) is 4.98 Å². The van der Waals surface area contributed by atoms with Crippen molar-refractivity contribution >= 4 is 22.5 Å². The maximum absolute atomic E-state index is 13.1. The van der Waals surface area contributed by atoms with Gasteiger partial charge in [-0.25, -0.2) is 9.50 Å². The van der Waals surface area contributed by atoms with Crippen molar-refractivity contribution in [2.75, 3.05) is 13.1 Å². The first-order valence-electron chi connectivity index (χ1n) is 9.71. The Bertz CT molecular complexity index is 1220. The highest BCUT2D eigenvalue weighted by molar-refractivity contribution is 5.95. The predicted octanol–water partition coefficient (Wildman–Crippen LogP) is 2.26. The molecule has 7 nitrogen and oxygen atoms in total. The minimum Gasteiger partial charge on any atom is -0.391 e. The fourth-order valence-electron chi connectivity index (χ4n) is 4.08. The molecule has 4 heterocycles. The van der Waals surface area contributed by atoms with Gasteiger partial charge in [0.1, 0.15) is 0 Å². The molecular weight excluding hydrogens is 366 g/mol. The number of hydrogen-bond acceptors (Lipinski definition) is 5. The number of benzene rings is 1. The average Bonchev–Trinajstić information content (AvgIpc) is 3.35. The summed E-state index contributed by atoms with van der Waals surface area (Å²) in [6.07, 6.45) is 3.31. The summed E-state index contributed by atoms with van der Waals surface area (Å²) in [6, 6.07) is 13.8. The first-order valence-corrected chi connectivity index (χ1v) is 9.71. The van der Waals surface area contributed by atoms with Crippen molar-refractivity contribution in [3.05, 3.63) is 71.8 Å². The van der Waals surface area contributed by atoms with E-state index in [1.807, 2.05) is 37.3 Å². The van der Waals surface area contributed by atoms with Gasteiger partial charge >= 0.3 is 0 Å². The first-order chi connectivity index (χ1) is 14.1. The van der Waals surface area contributed by atoms with Crippen LogP contribution in [0.5, 0.6) is 0 Å². The molecule has 5 rings (SSSR count). The molecule has 146 valence electrons. The zero-order chi connectivity index (χ0) is 20.0. The number of fused-ring (bicyclic) bond motifs is 2. The van der Waals surface area contributed by atoms with Gasteiger partial charge in [0.05, 0.1) is 29.1 Å². The Balaban J connectivity index is 1.35. The average molecular weight is 387 g/mol. The van der Waals surface area contributed by atoms with E-state index < -0.39 is 6.10 Å². The molecule has 0 unspecified atom stereocenters. The second-order valence-corrected chi connectivity index (χ2v) is 7.60. The van der Waals surface area contributed by atoms with Crippen LogP contribution in [-0.4, -0.2) is 54.7 Å². The van der Waals surface area contributed by atoms with Crippen LogP contribution in [0.4, 0.5) is 0 Å². The largest absolute Gasteiger partial charge is 0.391 e. The summed E-state index contributed by atoms with van der Waals surface area (Å²) >= 11 is 0. The molecule has 1 amide bonds. The number of carbonyl (C=O) groups is 1. The topological polar surface area (TPSA) is 83.6 Å². The van der Waals surface area contributed by atoms with Gasteiger partial charge in [0.25, 0.3) is 5.91 Å². The Labute approximate surface area is 167 Å². The van der Waals surface area contributed by atoms with E-state index in [1.165, 1.54) is 0 Å². The summed E-state index contributed by atoms with van der Waals surface area (Å²) in [6.45, 7) is 2.66. The summed E-state index contributed by atoms with van der Waals surface area (Å²) in [5.41, 5.74) is 3.84. The van der Waals surface area contributed by atoms with Crippen LogP contribution in [0.15, 0.2) is 54.9 Å². The van der Waals surface area contributed by atoms with Gasteiger partial charge in [0, 0.05) is 42.4 Å². The zero-order valence-corrected chi connectivity index (χ0v) is 16.1. The smallest absolute Gasteiger partial charge is 0.257 e. The van der Waals surface area contributed by atoms with Crippen molar-refractivity contribution in [1.29, 1.82) is 0 Å². The summed E-state index contributed by atoms with van der Waals surface area (Å²) in [5.74, 6) is -0.172. The predicted molar refractivity (Wildman–Crippen MR) is 109 cm³/mol. The first kappa shape index (κ1) is 17.8. The number of aromatic nitrogens is 4. The molecule has 29 heavy (non-hydrogen) atoms. The number of amides is 1. The molecule has 2 atom stereocenters. The number of β-amino-alcohol motifs (C(OH)–C–C–N with tert-alkyl or cyclic N) is 1. The van der Waals surface area contributed by atoms with Gasteiger partial charge in [-0.1, -0.05) is 24.3 Å². The third-order valence-electron chi connectivity index (χ3n) is 5.71. The van der Waals surface area contributed by atoms with E-state index in [9.17, 15) is 9.90 Å². The Kier molecular flexibility index (Phi) is 4.24. The van der Waals surface area contributed by atoms with Crippen LogP contribution in [0.3, 0.4) is 0 Å². The molecule has 1 aromatic carbocycles. The van der Waals surface area contributed by atoms with Crippen LogP contribution >= 0.6 is 0 Å². The molecule has 0 aliphatic carbocycles. The number of nitrogens with zero attached hydrogens (tertiary/aromatic N) is 5. The summed E-state index contributed by atoms with van der Waals surface area (Å²) in [7, 11) is 0. The molecular formula is C22H21N5O2. The molecule has 1 aliphatic rings. The SMILES string of the molecule is Cc1c(C(=O)N2C[C@@H](Cc3ccc4ccccc4n3)[C@H](O)C2)cnc2ccnn12. The number of rotatable bonds is 3. The highest BCUT2D eigenvalue weighted by Crippen LogP contribution is 2.24. The fraction of sp³-hybridized carbons (Fsp3) is 0.273. The number of pyridine rings is 1. The standard InChI is InChI=1S/C22H21N5O2/c1-14-18(11-23-21-8-9-24-27(14)21)22(29)26-12-16(20(28)13-26)10-17-7-6-15-4-2-3-5-19(15)25-17/h2-9,11,16,20,28H,10,12-13H2,1H3/t16-,20-/m1/s1. The van der Waals surface area contributed by atoms with E-state index in [0.717, 1.165) is 22.3 Å². The second-order valence-electron chi connectivity index (χ2n) is 7.60. The lowest BCUT2D eigenvalue weighted by atomic mass is 9.99. The van der Waals surface area contributed by atoms with Crippen molar-refractivity contribution in [2.45, 2.75) is 19.4 Å². The molecule has 0 radical (unpaired) electrons. The Morgan fingerprint density at radius 1 is 1.17 bits per heavy atom. The van der Waals surface area contributed by atoms with Crippen molar-refractivity contribution in [3.8, 4) is 0 Å². The molecule has 1 N–H and O–H groups in total. The third kappa shape index (κ3) is 3.13. The van der Waals surface area contributed by atoms with Gasteiger partial charge in [0.2, 0.25) is 0 Å². The Hall–Kier alpha value is -3.32. The Morgan fingerprint density at radius 3 is 2.93 bits per heavy atom. The molecule has 1 saturated heterocycles. The van der Waals surface area contributed by atoms with Crippen LogP contribution in [0, 0.1) is 12.8 Å².